The predicted octanol–water partition coefficient (Wildman–Crippen LogP) is 2.21. The molecule has 1 aliphatic rings. The van der Waals surface area contributed by atoms with E-state index in [0.29, 0.717) is 4.48 Å². The first-order valence-electron chi connectivity index (χ1n) is 4.88. The van der Waals surface area contributed by atoms with Crippen LogP contribution in [0.4, 0.5) is 4.39 Å². The lowest BCUT2D eigenvalue weighted by atomic mass is 9.90. The highest BCUT2D eigenvalue weighted by Gasteiger charge is 2.44. The number of allylic oxidation sites excluding steroid dienone is 2. The number of esters is 1. The number of hydrogen-bond acceptors (Lipinski definition) is 3. The summed E-state index contributed by atoms with van der Waals surface area (Å²) in [6.45, 7) is 5.12. The first-order valence-corrected chi connectivity index (χ1v) is 5.67. The van der Waals surface area contributed by atoms with Crippen LogP contribution in [0.5, 0.6) is 0 Å². The second-order valence-corrected chi connectivity index (χ2v) is 5.64. The molecule has 0 amide bonds. The van der Waals surface area contributed by atoms with Gasteiger partial charge >= 0.3 is 5.97 Å². The summed E-state index contributed by atoms with van der Waals surface area (Å²) >= 11 is 3.12. The van der Waals surface area contributed by atoms with Crippen LogP contribution in [0.1, 0.15) is 20.8 Å². The van der Waals surface area contributed by atoms with Gasteiger partial charge in [-0.2, -0.15) is 0 Å². The van der Waals surface area contributed by atoms with Crippen molar-refractivity contribution in [1.82, 2.24) is 0 Å². The van der Waals surface area contributed by atoms with E-state index in [4.69, 9.17) is 10.5 Å². The fraction of sp³-hybridized carbons (Fsp3) is 0.545. The van der Waals surface area contributed by atoms with E-state index >= 15 is 0 Å². The maximum absolute atomic E-state index is 13.7. The molecule has 0 bridgehead atoms. The van der Waals surface area contributed by atoms with Crippen molar-refractivity contribution in [2.45, 2.75) is 38.1 Å². The normalized spacial score (nSPS) is 29.9. The highest BCUT2D eigenvalue weighted by atomic mass is 79.9. The Hall–Kier alpha value is -0.680. The van der Waals surface area contributed by atoms with Crippen molar-refractivity contribution in [3.8, 4) is 0 Å². The third kappa shape index (κ3) is 2.92. The topological polar surface area (TPSA) is 52.3 Å². The largest absolute Gasteiger partial charge is 0.458 e. The van der Waals surface area contributed by atoms with E-state index in [1.807, 2.05) is 0 Å². The smallest absolute Gasteiger partial charge is 0.334 e. The molecule has 1 aliphatic carbocycles. The number of carbonyl (C=O) groups is 1. The minimum Gasteiger partial charge on any atom is -0.458 e. The molecule has 90 valence electrons. The van der Waals surface area contributed by atoms with E-state index < -0.39 is 23.3 Å². The molecular weight excluding hydrogens is 277 g/mol. The lowest BCUT2D eigenvalue weighted by molar-refractivity contribution is -0.161. The Morgan fingerprint density at radius 2 is 2.19 bits per heavy atom. The lowest BCUT2D eigenvalue weighted by Crippen LogP contribution is -2.56. The van der Waals surface area contributed by atoms with Crippen LogP contribution in [-0.4, -0.2) is 23.3 Å². The van der Waals surface area contributed by atoms with Crippen molar-refractivity contribution < 1.29 is 13.9 Å². The minimum absolute atomic E-state index is 0.560. The summed E-state index contributed by atoms with van der Waals surface area (Å²) in [5.74, 6) is -0.764. The zero-order chi connectivity index (χ0) is 12.6. The van der Waals surface area contributed by atoms with E-state index in [2.05, 4.69) is 15.9 Å². The standard InChI is InChI=1S/C11H15BrFNO2/c1-10(2,3)16-9(15)11(14)5-4-7(12)6-8(11)13/h4-6,8H,14H2,1-3H3. The van der Waals surface area contributed by atoms with Gasteiger partial charge in [-0.05, 0) is 39.0 Å². The first-order chi connectivity index (χ1) is 7.15. The van der Waals surface area contributed by atoms with Gasteiger partial charge in [0.25, 0.3) is 0 Å². The van der Waals surface area contributed by atoms with Gasteiger partial charge in [-0.15, -0.1) is 0 Å². The number of rotatable bonds is 1. The van der Waals surface area contributed by atoms with E-state index in [9.17, 15) is 9.18 Å². The highest BCUT2D eigenvalue weighted by Crippen LogP contribution is 2.27. The summed E-state index contributed by atoms with van der Waals surface area (Å²) in [5, 5.41) is 0. The molecule has 5 heteroatoms. The van der Waals surface area contributed by atoms with Gasteiger partial charge in [0, 0.05) is 4.48 Å². The summed E-state index contributed by atoms with van der Waals surface area (Å²) in [7, 11) is 0. The number of hydrogen-bond donors (Lipinski definition) is 1. The van der Waals surface area contributed by atoms with E-state index in [0.717, 1.165) is 0 Å². The molecule has 1 rings (SSSR count). The minimum atomic E-state index is -1.73. The van der Waals surface area contributed by atoms with Gasteiger partial charge in [0.1, 0.15) is 5.60 Å². The summed E-state index contributed by atoms with van der Waals surface area (Å²) < 4.78 is 19.4. The van der Waals surface area contributed by atoms with Gasteiger partial charge in [-0.1, -0.05) is 15.9 Å². The zero-order valence-electron chi connectivity index (χ0n) is 9.46. The van der Waals surface area contributed by atoms with Gasteiger partial charge in [0.05, 0.1) is 0 Å². The number of ether oxygens (including phenoxy) is 1. The van der Waals surface area contributed by atoms with E-state index in [1.54, 1.807) is 26.8 Å². The highest BCUT2D eigenvalue weighted by molar-refractivity contribution is 9.11. The lowest BCUT2D eigenvalue weighted by Gasteiger charge is -2.31. The Bertz CT molecular complexity index is 359. The molecular formula is C11H15BrFNO2. The summed E-state index contributed by atoms with van der Waals surface area (Å²) in [4.78, 5) is 11.8. The molecule has 2 unspecified atom stereocenters. The molecule has 0 aromatic carbocycles. The van der Waals surface area contributed by atoms with E-state index in [-0.39, 0.29) is 0 Å². The number of carbonyl (C=O) groups excluding carboxylic acids is 1. The SMILES string of the molecule is CC(C)(C)OC(=O)C1(N)C=CC(Br)=CC1F. The quantitative estimate of drug-likeness (QED) is 0.754. The van der Waals surface area contributed by atoms with Crippen LogP contribution in [0.15, 0.2) is 22.7 Å². The summed E-state index contributed by atoms with van der Waals surface area (Å²) in [5.41, 5.74) is 3.30. The number of nitrogens with two attached hydrogens (primary N) is 1. The second-order valence-electron chi connectivity index (χ2n) is 4.72. The van der Waals surface area contributed by atoms with Crippen molar-refractivity contribution in [3.05, 3.63) is 22.7 Å². The van der Waals surface area contributed by atoms with Crippen LogP contribution in [0.3, 0.4) is 0 Å². The molecule has 2 atom stereocenters. The molecule has 0 saturated carbocycles. The molecule has 3 nitrogen and oxygen atoms in total. The van der Waals surface area contributed by atoms with Gasteiger partial charge in [-0.3, -0.25) is 0 Å². The zero-order valence-corrected chi connectivity index (χ0v) is 11.0. The monoisotopic (exact) mass is 291 g/mol. The van der Waals surface area contributed by atoms with Gasteiger partial charge in [0.15, 0.2) is 11.7 Å². The maximum Gasteiger partial charge on any atom is 0.334 e. The summed E-state index contributed by atoms with van der Waals surface area (Å²) in [6, 6.07) is 0. The molecule has 0 heterocycles. The predicted molar refractivity (Wildman–Crippen MR) is 63.8 cm³/mol. The molecule has 0 aromatic heterocycles. The van der Waals surface area contributed by atoms with Crippen LogP contribution in [0, 0.1) is 0 Å². The summed E-state index contributed by atoms with van der Waals surface area (Å²) in [6.07, 6.45) is 2.50. The van der Waals surface area contributed by atoms with E-state index in [1.165, 1.54) is 12.2 Å². The average molecular weight is 292 g/mol. The van der Waals surface area contributed by atoms with Gasteiger partial charge < -0.3 is 10.5 Å². The maximum atomic E-state index is 13.7. The molecule has 0 fully saturated rings. The Balaban J connectivity index is 2.88. The molecule has 0 radical (unpaired) electrons. The van der Waals surface area contributed by atoms with Crippen molar-refractivity contribution in [3.63, 3.8) is 0 Å². The van der Waals surface area contributed by atoms with Crippen LogP contribution in [0.25, 0.3) is 0 Å². The van der Waals surface area contributed by atoms with Crippen molar-refractivity contribution in [2.24, 2.45) is 5.73 Å². The average Bonchev–Trinajstić information content (AvgIpc) is 2.09. The Morgan fingerprint density at radius 3 is 2.62 bits per heavy atom. The van der Waals surface area contributed by atoms with Crippen LogP contribution < -0.4 is 5.73 Å². The van der Waals surface area contributed by atoms with Crippen molar-refractivity contribution in [2.75, 3.05) is 0 Å². The van der Waals surface area contributed by atoms with Crippen LogP contribution in [0.2, 0.25) is 0 Å². The van der Waals surface area contributed by atoms with Crippen molar-refractivity contribution >= 4 is 21.9 Å². The molecule has 0 aromatic rings. The van der Waals surface area contributed by atoms with Gasteiger partial charge in [-0.25, -0.2) is 9.18 Å². The molecule has 0 saturated heterocycles. The number of halogens is 2. The first kappa shape index (κ1) is 13.4. The van der Waals surface area contributed by atoms with Crippen LogP contribution in [-0.2, 0) is 9.53 Å². The Morgan fingerprint density at radius 1 is 1.62 bits per heavy atom. The van der Waals surface area contributed by atoms with Crippen molar-refractivity contribution in [1.29, 1.82) is 0 Å². The fourth-order valence-electron chi connectivity index (χ4n) is 1.19. The third-order valence-electron chi connectivity index (χ3n) is 2.03. The fourth-order valence-corrected chi connectivity index (χ4v) is 1.55. The Kier molecular flexibility index (Phi) is 3.59. The molecule has 16 heavy (non-hydrogen) atoms. The van der Waals surface area contributed by atoms with Crippen LogP contribution >= 0.6 is 15.9 Å². The second kappa shape index (κ2) is 4.30. The number of alkyl halides is 1. The molecule has 0 spiro atoms. The van der Waals surface area contributed by atoms with Gasteiger partial charge in [0.2, 0.25) is 0 Å². The molecule has 2 N–H and O–H groups in total. The third-order valence-corrected chi connectivity index (χ3v) is 2.56. The molecule has 0 aliphatic heterocycles. The Labute approximate surface area is 103 Å².